The van der Waals surface area contributed by atoms with Gasteiger partial charge in [0.25, 0.3) is 0 Å². The van der Waals surface area contributed by atoms with Crippen LogP contribution in [0.2, 0.25) is 0 Å². The maximum atomic E-state index is 13.1. The summed E-state index contributed by atoms with van der Waals surface area (Å²) in [5.41, 5.74) is 2.08. The number of nitrogens with zero attached hydrogens (tertiary/aromatic N) is 1. The normalized spacial score (nSPS) is 15.9. The summed E-state index contributed by atoms with van der Waals surface area (Å²) in [5, 5.41) is 4.13. The Morgan fingerprint density at radius 2 is 1.89 bits per heavy atom. The number of nitrogens with one attached hydrogen (secondary N) is 2. The van der Waals surface area contributed by atoms with Crippen LogP contribution < -0.4 is 5.32 Å². The third kappa shape index (κ3) is 4.50. The van der Waals surface area contributed by atoms with Crippen LogP contribution in [0.3, 0.4) is 0 Å². The topological polar surface area (TPSA) is 74.4 Å². The van der Waals surface area contributed by atoms with Crippen LogP contribution in [-0.2, 0) is 20.7 Å². The quantitative estimate of drug-likeness (QED) is 0.785. The van der Waals surface area contributed by atoms with E-state index in [1.54, 1.807) is 4.90 Å². The zero-order chi connectivity index (χ0) is 19.2. The van der Waals surface area contributed by atoms with E-state index in [0.29, 0.717) is 32.7 Å². The summed E-state index contributed by atoms with van der Waals surface area (Å²) < 4.78 is 5.36. The third-order valence-electron chi connectivity index (χ3n) is 5.39. The SMILES string of the molecule is CCC(CC)C(=O)N[C@@H](Cc1c[nH]c2ccccc12)C(=O)N1CCOCC1. The van der Waals surface area contributed by atoms with Crippen LogP contribution in [0.4, 0.5) is 0 Å². The van der Waals surface area contributed by atoms with Crippen molar-refractivity contribution in [3.8, 4) is 0 Å². The van der Waals surface area contributed by atoms with Crippen molar-refractivity contribution in [3.05, 3.63) is 36.0 Å². The molecule has 146 valence electrons. The van der Waals surface area contributed by atoms with E-state index in [2.05, 4.69) is 10.3 Å². The molecule has 1 aliphatic heterocycles. The van der Waals surface area contributed by atoms with E-state index in [1.807, 2.05) is 44.3 Å². The molecule has 0 saturated carbocycles. The van der Waals surface area contributed by atoms with Gasteiger partial charge in [0.05, 0.1) is 13.2 Å². The first-order valence-corrected chi connectivity index (χ1v) is 9.85. The lowest BCUT2D eigenvalue weighted by Gasteiger charge is -2.31. The maximum absolute atomic E-state index is 13.1. The van der Waals surface area contributed by atoms with Gasteiger partial charge in [-0.05, 0) is 24.5 Å². The summed E-state index contributed by atoms with van der Waals surface area (Å²) in [6, 6.07) is 7.46. The molecule has 3 rings (SSSR count). The Hall–Kier alpha value is -2.34. The molecular weight excluding hydrogens is 342 g/mol. The summed E-state index contributed by atoms with van der Waals surface area (Å²) in [6.45, 7) is 6.25. The van der Waals surface area contributed by atoms with E-state index in [0.717, 1.165) is 29.3 Å². The van der Waals surface area contributed by atoms with Crippen LogP contribution in [0, 0.1) is 5.92 Å². The summed E-state index contributed by atoms with van der Waals surface area (Å²) in [4.78, 5) is 30.9. The Balaban J connectivity index is 1.82. The zero-order valence-electron chi connectivity index (χ0n) is 16.2. The molecule has 2 heterocycles. The Kier molecular flexibility index (Phi) is 6.50. The third-order valence-corrected chi connectivity index (χ3v) is 5.39. The van der Waals surface area contributed by atoms with E-state index >= 15 is 0 Å². The molecule has 1 aliphatic rings. The molecule has 6 nitrogen and oxygen atoms in total. The number of aromatic nitrogens is 1. The number of rotatable bonds is 7. The summed E-state index contributed by atoms with van der Waals surface area (Å²) in [6.07, 6.45) is 3.96. The molecule has 1 aromatic carbocycles. The number of fused-ring (bicyclic) bond motifs is 1. The number of morpholine rings is 1. The Morgan fingerprint density at radius 1 is 1.19 bits per heavy atom. The fourth-order valence-electron chi connectivity index (χ4n) is 3.67. The molecule has 2 amide bonds. The van der Waals surface area contributed by atoms with E-state index < -0.39 is 6.04 Å². The van der Waals surface area contributed by atoms with Crippen LogP contribution >= 0.6 is 0 Å². The predicted octanol–water partition coefficient (Wildman–Crippen LogP) is 2.49. The number of H-pyrrole nitrogens is 1. The minimum absolute atomic E-state index is 0.0251. The van der Waals surface area contributed by atoms with E-state index in [-0.39, 0.29) is 17.7 Å². The molecule has 2 N–H and O–H groups in total. The number of hydrogen-bond donors (Lipinski definition) is 2. The second kappa shape index (κ2) is 9.04. The summed E-state index contributed by atoms with van der Waals surface area (Å²) in [5.74, 6) is -0.123. The van der Waals surface area contributed by atoms with Crippen molar-refractivity contribution in [1.29, 1.82) is 0 Å². The standard InChI is InChI=1S/C21H29N3O3/c1-3-15(4-2)20(25)23-19(21(26)24-9-11-27-12-10-24)13-16-14-22-18-8-6-5-7-17(16)18/h5-8,14-15,19,22H,3-4,9-13H2,1-2H3,(H,23,25)/t19-/m0/s1. The Morgan fingerprint density at radius 3 is 2.59 bits per heavy atom. The van der Waals surface area contributed by atoms with Gasteiger partial charge in [-0.15, -0.1) is 0 Å². The van der Waals surface area contributed by atoms with E-state index in [4.69, 9.17) is 4.74 Å². The summed E-state index contributed by atoms with van der Waals surface area (Å²) >= 11 is 0. The molecule has 0 radical (unpaired) electrons. The highest BCUT2D eigenvalue weighted by molar-refractivity contribution is 5.90. The Bertz CT molecular complexity index is 776. The van der Waals surface area contributed by atoms with Crippen molar-refractivity contribution in [2.45, 2.75) is 39.2 Å². The number of amides is 2. The minimum atomic E-state index is -0.560. The number of carbonyl (C=O) groups is 2. The van der Waals surface area contributed by atoms with Crippen molar-refractivity contribution in [1.82, 2.24) is 15.2 Å². The van der Waals surface area contributed by atoms with Crippen molar-refractivity contribution in [3.63, 3.8) is 0 Å². The molecular formula is C21H29N3O3. The van der Waals surface area contributed by atoms with Gasteiger partial charge in [0.2, 0.25) is 11.8 Å². The molecule has 27 heavy (non-hydrogen) atoms. The second-order valence-electron chi connectivity index (χ2n) is 7.08. The summed E-state index contributed by atoms with van der Waals surface area (Å²) in [7, 11) is 0. The second-order valence-corrected chi connectivity index (χ2v) is 7.08. The molecule has 2 aromatic rings. The average Bonchev–Trinajstić information content (AvgIpc) is 3.11. The highest BCUT2D eigenvalue weighted by Crippen LogP contribution is 2.20. The lowest BCUT2D eigenvalue weighted by Crippen LogP contribution is -2.53. The van der Waals surface area contributed by atoms with E-state index in [1.165, 1.54) is 0 Å². The van der Waals surface area contributed by atoms with E-state index in [9.17, 15) is 9.59 Å². The van der Waals surface area contributed by atoms with Gasteiger partial charge in [0, 0.05) is 42.5 Å². The fourth-order valence-corrected chi connectivity index (χ4v) is 3.67. The zero-order valence-corrected chi connectivity index (χ0v) is 16.2. The molecule has 0 unspecified atom stereocenters. The van der Waals surface area contributed by atoms with Gasteiger partial charge >= 0.3 is 0 Å². The first-order chi connectivity index (χ1) is 13.1. The molecule has 1 aromatic heterocycles. The molecule has 0 bridgehead atoms. The highest BCUT2D eigenvalue weighted by atomic mass is 16.5. The maximum Gasteiger partial charge on any atom is 0.245 e. The number of hydrogen-bond acceptors (Lipinski definition) is 3. The minimum Gasteiger partial charge on any atom is -0.378 e. The van der Waals surface area contributed by atoms with Gasteiger partial charge in [0.15, 0.2) is 0 Å². The number of carbonyl (C=O) groups excluding carboxylic acids is 2. The van der Waals surface area contributed by atoms with Gasteiger partial charge < -0.3 is 19.9 Å². The molecule has 6 heteroatoms. The lowest BCUT2D eigenvalue weighted by molar-refractivity contribution is -0.140. The lowest BCUT2D eigenvalue weighted by atomic mass is 9.99. The van der Waals surface area contributed by atoms with Gasteiger partial charge in [-0.1, -0.05) is 32.0 Å². The molecule has 1 fully saturated rings. The largest absolute Gasteiger partial charge is 0.378 e. The van der Waals surface area contributed by atoms with Crippen molar-refractivity contribution >= 4 is 22.7 Å². The predicted molar refractivity (Wildman–Crippen MR) is 105 cm³/mol. The highest BCUT2D eigenvalue weighted by Gasteiger charge is 2.29. The van der Waals surface area contributed by atoms with Gasteiger partial charge in [-0.3, -0.25) is 9.59 Å². The first kappa shape index (κ1) is 19.4. The molecule has 1 atom stereocenters. The van der Waals surface area contributed by atoms with Crippen molar-refractivity contribution < 1.29 is 14.3 Å². The van der Waals surface area contributed by atoms with Gasteiger partial charge in [0.1, 0.15) is 6.04 Å². The smallest absolute Gasteiger partial charge is 0.245 e. The van der Waals surface area contributed by atoms with Crippen LogP contribution in [0.5, 0.6) is 0 Å². The van der Waals surface area contributed by atoms with Crippen LogP contribution in [0.15, 0.2) is 30.5 Å². The molecule has 1 saturated heterocycles. The number of ether oxygens (including phenoxy) is 1. The van der Waals surface area contributed by atoms with Crippen LogP contribution in [0.25, 0.3) is 10.9 Å². The monoisotopic (exact) mass is 371 g/mol. The Labute approximate surface area is 160 Å². The van der Waals surface area contributed by atoms with Crippen molar-refractivity contribution in [2.24, 2.45) is 5.92 Å². The number of aromatic amines is 1. The molecule has 0 spiro atoms. The average molecular weight is 371 g/mol. The van der Waals surface area contributed by atoms with Crippen LogP contribution in [-0.4, -0.2) is 54.0 Å². The van der Waals surface area contributed by atoms with Crippen LogP contribution in [0.1, 0.15) is 32.3 Å². The molecule has 0 aliphatic carbocycles. The first-order valence-electron chi connectivity index (χ1n) is 9.85. The fraction of sp³-hybridized carbons (Fsp3) is 0.524. The van der Waals surface area contributed by atoms with Crippen molar-refractivity contribution in [2.75, 3.05) is 26.3 Å². The van der Waals surface area contributed by atoms with Gasteiger partial charge in [-0.2, -0.15) is 0 Å². The number of benzene rings is 1. The van der Waals surface area contributed by atoms with Gasteiger partial charge in [-0.25, -0.2) is 0 Å². The number of para-hydroxylation sites is 1.